The van der Waals surface area contributed by atoms with Gasteiger partial charge >= 0.3 is 6.09 Å². The standard InChI is InChI=1S/C21H33N3O3/c1-16(24-11-7-18(22)8-12-24)15-20(17-5-3-2-4-6-17)23-21(25)27-19-9-13-26-14-10-19/h2-6,16,18-20H,7-15,22H2,1H3,(H,23,25). The number of likely N-dealkylation sites (tertiary alicyclic amines) is 1. The van der Waals surface area contributed by atoms with Crippen LogP contribution >= 0.6 is 0 Å². The number of carbonyl (C=O) groups is 1. The Hall–Kier alpha value is -1.63. The van der Waals surface area contributed by atoms with Gasteiger partial charge in [0.15, 0.2) is 0 Å². The van der Waals surface area contributed by atoms with Crippen molar-refractivity contribution in [1.82, 2.24) is 10.2 Å². The molecule has 1 aromatic carbocycles. The van der Waals surface area contributed by atoms with Crippen molar-refractivity contribution >= 4 is 6.09 Å². The zero-order chi connectivity index (χ0) is 19.1. The second-order valence-corrected chi connectivity index (χ2v) is 7.78. The third-order valence-electron chi connectivity index (χ3n) is 5.71. The van der Waals surface area contributed by atoms with Crippen LogP contribution < -0.4 is 11.1 Å². The number of piperidine rings is 1. The Kier molecular flexibility index (Phi) is 7.50. The summed E-state index contributed by atoms with van der Waals surface area (Å²) in [5.41, 5.74) is 7.15. The van der Waals surface area contributed by atoms with Crippen LogP contribution in [0.3, 0.4) is 0 Å². The van der Waals surface area contributed by atoms with Crippen molar-refractivity contribution < 1.29 is 14.3 Å². The minimum absolute atomic E-state index is 0.0452. The highest BCUT2D eigenvalue weighted by atomic mass is 16.6. The number of carbonyl (C=O) groups excluding carboxylic acids is 1. The highest BCUT2D eigenvalue weighted by Crippen LogP contribution is 2.23. The largest absolute Gasteiger partial charge is 0.446 e. The lowest BCUT2D eigenvalue weighted by molar-refractivity contribution is 0.000406. The molecule has 0 aliphatic carbocycles. The molecule has 0 saturated carbocycles. The van der Waals surface area contributed by atoms with Gasteiger partial charge in [-0.2, -0.15) is 0 Å². The Labute approximate surface area is 162 Å². The molecule has 0 bridgehead atoms. The van der Waals surface area contributed by atoms with Crippen LogP contribution in [0.2, 0.25) is 0 Å². The molecule has 3 rings (SSSR count). The molecule has 6 heteroatoms. The number of nitrogens with one attached hydrogen (secondary N) is 1. The fraction of sp³-hybridized carbons (Fsp3) is 0.667. The number of hydrogen-bond donors (Lipinski definition) is 2. The van der Waals surface area contributed by atoms with Gasteiger partial charge in [-0.15, -0.1) is 0 Å². The van der Waals surface area contributed by atoms with Crippen LogP contribution in [0.4, 0.5) is 4.79 Å². The molecular weight excluding hydrogens is 342 g/mol. The van der Waals surface area contributed by atoms with Gasteiger partial charge in [0.05, 0.1) is 19.3 Å². The van der Waals surface area contributed by atoms with Gasteiger partial charge in [-0.25, -0.2) is 4.79 Å². The molecule has 2 fully saturated rings. The van der Waals surface area contributed by atoms with Crippen LogP contribution in [0.25, 0.3) is 0 Å². The number of alkyl carbamates (subject to hydrolysis) is 1. The summed E-state index contributed by atoms with van der Waals surface area (Å²) < 4.78 is 11.0. The molecule has 2 unspecified atom stereocenters. The molecule has 3 N–H and O–H groups in total. The normalized spacial score (nSPS) is 22.1. The minimum Gasteiger partial charge on any atom is -0.446 e. The third kappa shape index (κ3) is 6.19. The molecule has 2 heterocycles. The van der Waals surface area contributed by atoms with Gasteiger partial charge in [-0.1, -0.05) is 30.3 Å². The molecule has 0 spiro atoms. The molecular formula is C21H33N3O3. The summed E-state index contributed by atoms with van der Waals surface area (Å²) in [4.78, 5) is 15.0. The van der Waals surface area contributed by atoms with E-state index in [1.165, 1.54) is 0 Å². The van der Waals surface area contributed by atoms with E-state index in [-0.39, 0.29) is 18.2 Å². The summed E-state index contributed by atoms with van der Waals surface area (Å²) in [5.74, 6) is 0. The van der Waals surface area contributed by atoms with Gasteiger partial charge in [0, 0.05) is 24.9 Å². The molecule has 1 aromatic rings. The molecule has 27 heavy (non-hydrogen) atoms. The van der Waals surface area contributed by atoms with Gasteiger partial charge in [0.25, 0.3) is 0 Å². The van der Waals surface area contributed by atoms with Crippen molar-refractivity contribution in [3.8, 4) is 0 Å². The highest BCUT2D eigenvalue weighted by Gasteiger charge is 2.26. The first-order chi connectivity index (χ1) is 13.1. The van der Waals surface area contributed by atoms with E-state index in [0.29, 0.717) is 25.3 Å². The maximum atomic E-state index is 12.5. The van der Waals surface area contributed by atoms with Crippen LogP contribution in [-0.4, -0.2) is 55.5 Å². The van der Waals surface area contributed by atoms with Crippen molar-refractivity contribution in [3.05, 3.63) is 35.9 Å². The van der Waals surface area contributed by atoms with E-state index < -0.39 is 0 Å². The molecule has 150 valence electrons. The summed E-state index contributed by atoms with van der Waals surface area (Å²) in [7, 11) is 0. The van der Waals surface area contributed by atoms with E-state index in [9.17, 15) is 4.79 Å². The first-order valence-electron chi connectivity index (χ1n) is 10.2. The molecule has 6 nitrogen and oxygen atoms in total. The van der Waals surface area contributed by atoms with Crippen LogP contribution in [0.1, 0.15) is 50.6 Å². The van der Waals surface area contributed by atoms with Crippen molar-refractivity contribution in [1.29, 1.82) is 0 Å². The zero-order valence-electron chi connectivity index (χ0n) is 16.3. The fourth-order valence-corrected chi connectivity index (χ4v) is 3.94. The summed E-state index contributed by atoms with van der Waals surface area (Å²) in [6.07, 6.45) is 4.10. The minimum atomic E-state index is -0.330. The summed E-state index contributed by atoms with van der Waals surface area (Å²) >= 11 is 0. The predicted octanol–water partition coefficient (Wildman–Crippen LogP) is 2.83. The maximum absolute atomic E-state index is 12.5. The van der Waals surface area contributed by atoms with Gasteiger partial charge in [0.2, 0.25) is 0 Å². The number of amides is 1. The molecule has 2 atom stereocenters. The first kappa shape index (κ1) is 20.1. The fourth-order valence-electron chi connectivity index (χ4n) is 3.94. The van der Waals surface area contributed by atoms with E-state index in [2.05, 4.69) is 29.3 Å². The van der Waals surface area contributed by atoms with Crippen molar-refractivity contribution in [2.45, 2.75) is 63.3 Å². The Morgan fingerprint density at radius 3 is 2.56 bits per heavy atom. The molecule has 2 aliphatic rings. The van der Waals surface area contributed by atoms with Crippen LogP contribution in [0.15, 0.2) is 30.3 Å². The number of rotatable bonds is 6. The molecule has 2 aliphatic heterocycles. The Balaban J connectivity index is 1.59. The van der Waals surface area contributed by atoms with E-state index in [4.69, 9.17) is 15.2 Å². The maximum Gasteiger partial charge on any atom is 0.407 e. The van der Waals surface area contributed by atoms with Crippen LogP contribution in [0, 0.1) is 0 Å². The van der Waals surface area contributed by atoms with E-state index in [0.717, 1.165) is 50.8 Å². The number of ether oxygens (including phenoxy) is 2. The Morgan fingerprint density at radius 2 is 1.89 bits per heavy atom. The van der Waals surface area contributed by atoms with Crippen molar-refractivity contribution in [3.63, 3.8) is 0 Å². The smallest absolute Gasteiger partial charge is 0.407 e. The van der Waals surface area contributed by atoms with Gasteiger partial charge < -0.3 is 25.4 Å². The Morgan fingerprint density at radius 1 is 1.22 bits per heavy atom. The quantitative estimate of drug-likeness (QED) is 0.799. The van der Waals surface area contributed by atoms with Crippen LogP contribution in [0.5, 0.6) is 0 Å². The monoisotopic (exact) mass is 375 g/mol. The summed E-state index contributed by atoms with van der Waals surface area (Å²) in [6.45, 7) is 5.60. The number of hydrogen-bond acceptors (Lipinski definition) is 5. The first-order valence-corrected chi connectivity index (χ1v) is 10.2. The third-order valence-corrected chi connectivity index (χ3v) is 5.71. The SMILES string of the molecule is CC(CC(NC(=O)OC1CCOCC1)c1ccccc1)N1CCC(N)CC1. The lowest BCUT2D eigenvalue weighted by Gasteiger charge is -2.36. The summed E-state index contributed by atoms with van der Waals surface area (Å²) in [6, 6.07) is 10.8. The van der Waals surface area contributed by atoms with E-state index in [1.54, 1.807) is 0 Å². The average Bonchev–Trinajstić information content (AvgIpc) is 2.69. The number of nitrogens with two attached hydrogens (primary N) is 1. The molecule has 2 saturated heterocycles. The second-order valence-electron chi connectivity index (χ2n) is 7.78. The van der Waals surface area contributed by atoms with Gasteiger partial charge in [-0.3, -0.25) is 0 Å². The van der Waals surface area contributed by atoms with E-state index in [1.807, 2.05) is 18.2 Å². The van der Waals surface area contributed by atoms with Gasteiger partial charge in [0.1, 0.15) is 6.10 Å². The second kappa shape index (κ2) is 10.1. The van der Waals surface area contributed by atoms with Crippen LogP contribution in [-0.2, 0) is 9.47 Å². The average molecular weight is 376 g/mol. The lowest BCUT2D eigenvalue weighted by Crippen LogP contribution is -2.45. The highest BCUT2D eigenvalue weighted by molar-refractivity contribution is 5.68. The predicted molar refractivity (Wildman–Crippen MR) is 106 cm³/mol. The van der Waals surface area contributed by atoms with Crippen molar-refractivity contribution in [2.24, 2.45) is 5.73 Å². The zero-order valence-corrected chi connectivity index (χ0v) is 16.3. The lowest BCUT2D eigenvalue weighted by atomic mass is 9.97. The summed E-state index contributed by atoms with van der Waals surface area (Å²) in [5, 5.41) is 3.11. The molecule has 0 aromatic heterocycles. The van der Waals surface area contributed by atoms with E-state index >= 15 is 0 Å². The number of nitrogens with zero attached hydrogens (tertiary/aromatic N) is 1. The van der Waals surface area contributed by atoms with Crippen molar-refractivity contribution in [2.75, 3.05) is 26.3 Å². The topological polar surface area (TPSA) is 76.8 Å². The molecule has 0 radical (unpaired) electrons. The van der Waals surface area contributed by atoms with Gasteiger partial charge in [-0.05, 0) is 44.8 Å². The molecule has 1 amide bonds. The Bertz CT molecular complexity index is 569. The number of benzene rings is 1.